The highest BCUT2D eigenvalue weighted by Crippen LogP contribution is 2.39. The molecule has 1 saturated heterocycles. The Hall–Kier alpha value is -0.730. The van der Waals surface area contributed by atoms with E-state index in [0.717, 1.165) is 19.4 Å². The molecule has 1 amide bonds. The third-order valence-corrected chi connectivity index (χ3v) is 3.55. The zero-order chi connectivity index (χ0) is 11.1. The first-order valence-electron chi connectivity index (χ1n) is 5.94. The molecule has 2 rings (SSSR count). The van der Waals surface area contributed by atoms with Crippen molar-refractivity contribution < 1.29 is 9.53 Å². The van der Waals surface area contributed by atoms with Crippen molar-refractivity contribution in [2.45, 2.75) is 64.0 Å². The predicted molar refractivity (Wildman–Crippen MR) is 58.8 cm³/mol. The highest BCUT2D eigenvalue weighted by molar-refractivity contribution is 5.71. The second-order valence-electron chi connectivity index (χ2n) is 5.87. The van der Waals surface area contributed by atoms with Crippen LogP contribution >= 0.6 is 0 Å². The van der Waals surface area contributed by atoms with Crippen LogP contribution in [-0.2, 0) is 4.74 Å². The Morgan fingerprint density at radius 2 is 1.80 bits per heavy atom. The molecule has 0 aromatic carbocycles. The summed E-state index contributed by atoms with van der Waals surface area (Å²) in [5, 5.41) is 0. The van der Waals surface area contributed by atoms with Crippen LogP contribution in [0.2, 0.25) is 0 Å². The van der Waals surface area contributed by atoms with Gasteiger partial charge in [0.05, 0.1) is 6.54 Å². The molecule has 3 nitrogen and oxygen atoms in total. The van der Waals surface area contributed by atoms with E-state index in [9.17, 15) is 4.79 Å². The van der Waals surface area contributed by atoms with E-state index in [1.165, 1.54) is 19.3 Å². The van der Waals surface area contributed by atoms with Crippen LogP contribution in [0, 0.1) is 0 Å². The second kappa shape index (κ2) is 3.39. The summed E-state index contributed by atoms with van der Waals surface area (Å²) >= 11 is 0. The highest BCUT2D eigenvalue weighted by atomic mass is 16.6. The molecule has 0 atom stereocenters. The SMILES string of the molecule is CC(C)(C)N1CC2(CCCCC2)OC1=O. The number of rotatable bonds is 0. The van der Waals surface area contributed by atoms with Crippen molar-refractivity contribution in [1.29, 1.82) is 0 Å². The van der Waals surface area contributed by atoms with Crippen molar-refractivity contribution in [3.63, 3.8) is 0 Å². The Bertz CT molecular complexity index is 261. The van der Waals surface area contributed by atoms with Crippen molar-refractivity contribution in [1.82, 2.24) is 4.90 Å². The third-order valence-electron chi connectivity index (χ3n) is 3.55. The molecule has 0 N–H and O–H groups in total. The zero-order valence-corrected chi connectivity index (χ0v) is 10.0. The van der Waals surface area contributed by atoms with E-state index < -0.39 is 0 Å². The van der Waals surface area contributed by atoms with Crippen molar-refractivity contribution in [2.75, 3.05) is 6.54 Å². The molecule has 86 valence electrons. The molecule has 0 radical (unpaired) electrons. The smallest absolute Gasteiger partial charge is 0.410 e. The molecule has 1 saturated carbocycles. The topological polar surface area (TPSA) is 29.5 Å². The summed E-state index contributed by atoms with van der Waals surface area (Å²) in [6, 6.07) is 0. The van der Waals surface area contributed by atoms with E-state index in [2.05, 4.69) is 20.8 Å². The molecule has 1 aliphatic carbocycles. The van der Waals surface area contributed by atoms with Crippen molar-refractivity contribution >= 4 is 6.09 Å². The first kappa shape index (κ1) is 10.8. The van der Waals surface area contributed by atoms with E-state index in [-0.39, 0.29) is 17.2 Å². The van der Waals surface area contributed by atoms with Crippen LogP contribution in [0.5, 0.6) is 0 Å². The number of ether oxygens (including phenoxy) is 1. The Balaban J connectivity index is 2.12. The minimum absolute atomic E-state index is 0.113. The lowest BCUT2D eigenvalue weighted by molar-refractivity contribution is 0.0259. The van der Waals surface area contributed by atoms with E-state index in [4.69, 9.17) is 4.74 Å². The molecule has 0 bridgehead atoms. The summed E-state index contributed by atoms with van der Waals surface area (Å²) < 4.78 is 5.62. The summed E-state index contributed by atoms with van der Waals surface area (Å²) in [6.07, 6.45) is 5.66. The molecule has 1 heterocycles. The van der Waals surface area contributed by atoms with Gasteiger partial charge in [-0.25, -0.2) is 4.79 Å². The normalized spacial score (nSPS) is 25.8. The van der Waals surface area contributed by atoms with E-state index >= 15 is 0 Å². The summed E-state index contributed by atoms with van der Waals surface area (Å²) in [5.74, 6) is 0. The number of hydrogen-bond acceptors (Lipinski definition) is 2. The van der Waals surface area contributed by atoms with Crippen LogP contribution in [0.3, 0.4) is 0 Å². The van der Waals surface area contributed by atoms with Gasteiger partial charge < -0.3 is 4.74 Å². The molecule has 2 aliphatic rings. The van der Waals surface area contributed by atoms with E-state index in [1.807, 2.05) is 4.90 Å². The lowest BCUT2D eigenvalue weighted by Crippen LogP contribution is -2.44. The molecule has 2 fully saturated rings. The molecule has 1 spiro atoms. The van der Waals surface area contributed by atoms with Gasteiger partial charge in [0.25, 0.3) is 0 Å². The fourth-order valence-electron chi connectivity index (χ4n) is 2.59. The maximum atomic E-state index is 11.8. The van der Waals surface area contributed by atoms with Crippen molar-refractivity contribution in [2.24, 2.45) is 0 Å². The van der Waals surface area contributed by atoms with Gasteiger partial charge in [-0.05, 0) is 46.5 Å². The minimum atomic E-state index is -0.150. The van der Waals surface area contributed by atoms with Crippen LogP contribution in [0.15, 0.2) is 0 Å². The van der Waals surface area contributed by atoms with E-state index in [0.29, 0.717) is 0 Å². The third kappa shape index (κ3) is 1.97. The van der Waals surface area contributed by atoms with Gasteiger partial charge in [0.15, 0.2) is 0 Å². The molecular weight excluding hydrogens is 190 g/mol. The summed E-state index contributed by atoms with van der Waals surface area (Å²) in [5.41, 5.74) is -0.263. The number of amides is 1. The van der Waals surface area contributed by atoms with Crippen LogP contribution < -0.4 is 0 Å². The van der Waals surface area contributed by atoms with Crippen LogP contribution in [-0.4, -0.2) is 28.7 Å². The monoisotopic (exact) mass is 211 g/mol. The Kier molecular flexibility index (Phi) is 2.44. The molecule has 15 heavy (non-hydrogen) atoms. The number of carbonyl (C=O) groups is 1. The molecule has 0 aromatic heterocycles. The van der Waals surface area contributed by atoms with Crippen molar-refractivity contribution in [3.05, 3.63) is 0 Å². The van der Waals surface area contributed by atoms with Gasteiger partial charge in [-0.3, -0.25) is 4.90 Å². The van der Waals surface area contributed by atoms with Gasteiger partial charge in [0, 0.05) is 5.54 Å². The lowest BCUT2D eigenvalue weighted by Gasteiger charge is -2.33. The lowest BCUT2D eigenvalue weighted by atomic mass is 9.84. The van der Waals surface area contributed by atoms with Gasteiger partial charge >= 0.3 is 6.09 Å². The first-order valence-corrected chi connectivity index (χ1v) is 5.94. The second-order valence-corrected chi connectivity index (χ2v) is 5.87. The van der Waals surface area contributed by atoms with Crippen LogP contribution in [0.25, 0.3) is 0 Å². The standard InChI is InChI=1S/C12H21NO2/c1-11(2,3)13-9-12(15-10(13)14)7-5-4-6-8-12/h4-9H2,1-3H3. The Morgan fingerprint density at radius 1 is 1.20 bits per heavy atom. The fraction of sp³-hybridized carbons (Fsp3) is 0.917. The first-order chi connectivity index (χ1) is 6.93. The maximum absolute atomic E-state index is 11.8. The van der Waals surface area contributed by atoms with E-state index in [1.54, 1.807) is 0 Å². The van der Waals surface area contributed by atoms with Gasteiger partial charge in [-0.15, -0.1) is 0 Å². The number of hydrogen-bond donors (Lipinski definition) is 0. The zero-order valence-electron chi connectivity index (χ0n) is 10.0. The van der Waals surface area contributed by atoms with Crippen LogP contribution in [0.4, 0.5) is 4.79 Å². The average Bonchev–Trinajstić information content (AvgIpc) is 2.44. The minimum Gasteiger partial charge on any atom is -0.441 e. The summed E-state index contributed by atoms with van der Waals surface area (Å²) in [7, 11) is 0. The van der Waals surface area contributed by atoms with Gasteiger partial charge in [0.1, 0.15) is 5.60 Å². The van der Waals surface area contributed by atoms with Crippen molar-refractivity contribution in [3.8, 4) is 0 Å². The van der Waals surface area contributed by atoms with Crippen LogP contribution in [0.1, 0.15) is 52.9 Å². The largest absolute Gasteiger partial charge is 0.441 e. The Labute approximate surface area is 91.8 Å². The number of nitrogens with zero attached hydrogens (tertiary/aromatic N) is 1. The highest BCUT2D eigenvalue weighted by Gasteiger charge is 2.48. The summed E-state index contributed by atoms with van der Waals surface area (Å²) in [6.45, 7) is 6.98. The van der Waals surface area contributed by atoms with Gasteiger partial charge in [-0.1, -0.05) is 6.42 Å². The average molecular weight is 211 g/mol. The summed E-state index contributed by atoms with van der Waals surface area (Å²) in [4.78, 5) is 13.7. The number of carbonyl (C=O) groups excluding carboxylic acids is 1. The molecule has 0 unspecified atom stereocenters. The van der Waals surface area contributed by atoms with Gasteiger partial charge in [-0.2, -0.15) is 0 Å². The molecule has 0 aromatic rings. The molecular formula is C12H21NO2. The molecule has 3 heteroatoms. The Morgan fingerprint density at radius 3 is 2.27 bits per heavy atom. The predicted octanol–water partition coefficient (Wildman–Crippen LogP) is 2.94. The molecule has 1 aliphatic heterocycles. The quantitative estimate of drug-likeness (QED) is 0.616. The fourth-order valence-corrected chi connectivity index (χ4v) is 2.59. The van der Waals surface area contributed by atoms with Gasteiger partial charge in [0.2, 0.25) is 0 Å². The maximum Gasteiger partial charge on any atom is 0.410 e.